The van der Waals surface area contributed by atoms with E-state index in [1.165, 1.54) is 25.3 Å². The number of nitro benzene ring substituents is 1. The zero-order valence-corrected chi connectivity index (χ0v) is 18.4. The molecule has 0 amide bonds. The average molecular weight is 436 g/mol. The van der Waals surface area contributed by atoms with E-state index in [9.17, 15) is 19.5 Å². The standard InChI is InChI=1S/C20H25N2O7P/c1-12-16(19(23)27-5)17(14-8-6-7-9-15(14)22(24)25)18(13(2)21-12)30(26)28-10-20(3,4)11-29-30/h6-9,17,21H,10-11H2,1-5H3. The van der Waals surface area contributed by atoms with Gasteiger partial charge in [0.2, 0.25) is 0 Å². The molecule has 0 radical (unpaired) electrons. The Kier molecular flexibility index (Phi) is 5.91. The van der Waals surface area contributed by atoms with Crippen molar-refractivity contribution in [2.45, 2.75) is 33.6 Å². The van der Waals surface area contributed by atoms with Crippen molar-refractivity contribution in [3.63, 3.8) is 0 Å². The molecule has 1 aromatic rings. The summed E-state index contributed by atoms with van der Waals surface area (Å²) in [7, 11) is -2.63. The van der Waals surface area contributed by atoms with E-state index in [4.69, 9.17) is 13.8 Å². The summed E-state index contributed by atoms with van der Waals surface area (Å²) in [5, 5.41) is 15.0. The lowest BCUT2D eigenvalue weighted by Crippen LogP contribution is -2.34. The number of hydrogen-bond donors (Lipinski definition) is 1. The van der Waals surface area contributed by atoms with Crippen molar-refractivity contribution in [3.8, 4) is 0 Å². The Morgan fingerprint density at radius 1 is 1.23 bits per heavy atom. The Bertz CT molecular complexity index is 998. The first-order chi connectivity index (χ1) is 14.0. The van der Waals surface area contributed by atoms with Crippen LogP contribution in [0.15, 0.2) is 46.5 Å². The number of allylic oxidation sites excluding steroid dienone is 3. The largest absolute Gasteiger partial charge is 0.466 e. The molecule has 0 aliphatic carbocycles. The van der Waals surface area contributed by atoms with E-state index in [0.29, 0.717) is 11.4 Å². The van der Waals surface area contributed by atoms with Crippen LogP contribution in [0.4, 0.5) is 5.69 Å². The highest BCUT2D eigenvalue weighted by Crippen LogP contribution is 2.66. The molecule has 10 heteroatoms. The van der Waals surface area contributed by atoms with E-state index in [1.807, 2.05) is 13.8 Å². The summed E-state index contributed by atoms with van der Waals surface area (Å²) in [6, 6.07) is 6.04. The van der Waals surface area contributed by atoms with E-state index in [0.717, 1.165) is 0 Å². The fraction of sp³-hybridized carbons (Fsp3) is 0.450. The van der Waals surface area contributed by atoms with Crippen LogP contribution in [0.5, 0.6) is 0 Å². The Hall–Kier alpha value is -2.48. The molecule has 30 heavy (non-hydrogen) atoms. The van der Waals surface area contributed by atoms with Gasteiger partial charge >= 0.3 is 13.6 Å². The van der Waals surface area contributed by atoms with Crippen LogP contribution in [0.2, 0.25) is 0 Å². The van der Waals surface area contributed by atoms with Gasteiger partial charge in [-0.15, -0.1) is 0 Å². The van der Waals surface area contributed by atoms with Gasteiger partial charge in [-0.05, 0) is 13.8 Å². The number of nitro groups is 1. The zero-order chi connectivity index (χ0) is 22.3. The van der Waals surface area contributed by atoms with Crippen LogP contribution >= 0.6 is 7.60 Å². The fourth-order valence-corrected chi connectivity index (χ4v) is 6.11. The Morgan fingerprint density at radius 2 is 1.83 bits per heavy atom. The lowest BCUT2D eigenvalue weighted by molar-refractivity contribution is -0.385. The van der Waals surface area contributed by atoms with Crippen molar-refractivity contribution >= 4 is 19.3 Å². The molecule has 2 aliphatic heterocycles. The van der Waals surface area contributed by atoms with Crippen LogP contribution < -0.4 is 5.32 Å². The highest BCUT2D eigenvalue weighted by molar-refractivity contribution is 7.58. The maximum absolute atomic E-state index is 13.8. The molecule has 1 aromatic carbocycles. The number of hydrogen-bond acceptors (Lipinski definition) is 8. The van der Waals surface area contributed by atoms with Gasteiger partial charge in [-0.25, -0.2) is 4.79 Å². The van der Waals surface area contributed by atoms with Gasteiger partial charge in [-0.2, -0.15) is 0 Å². The third kappa shape index (κ3) is 3.93. The third-order valence-corrected chi connectivity index (χ3v) is 7.24. The average Bonchev–Trinajstić information content (AvgIpc) is 2.69. The van der Waals surface area contributed by atoms with Crippen molar-refractivity contribution < 1.29 is 28.1 Å². The maximum Gasteiger partial charge on any atom is 0.360 e. The molecule has 1 saturated heterocycles. The lowest BCUT2D eigenvalue weighted by Gasteiger charge is -2.39. The molecule has 9 nitrogen and oxygen atoms in total. The quantitative estimate of drug-likeness (QED) is 0.323. The van der Waals surface area contributed by atoms with Crippen LogP contribution in [0.3, 0.4) is 0 Å². The third-order valence-electron chi connectivity index (χ3n) is 5.12. The van der Waals surface area contributed by atoms with Crippen LogP contribution in [-0.2, 0) is 23.1 Å². The predicted octanol–water partition coefficient (Wildman–Crippen LogP) is 4.23. The topological polar surface area (TPSA) is 117 Å². The van der Waals surface area contributed by atoms with Gasteiger partial charge in [0, 0.05) is 28.4 Å². The number of nitrogens with zero attached hydrogens (tertiary/aromatic N) is 1. The van der Waals surface area contributed by atoms with Gasteiger partial charge in [0.05, 0.1) is 42.1 Å². The number of methoxy groups -OCH3 is 1. The molecular weight excluding hydrogens is 411 g/mol. The van der Waals surface area contributed by atoms with Crippen LogP contribution in [0.25, 0.3) is 0 Å². The molecule has 1 N–H and O–H groups in total. The highest BCUT2D eigenvalue weighted by Gasteiger charge is 2.49. The number of rotatable bonds is 4. The van der Waals surface area contributed by atoms with E-state index in [2.05, 4.69) is 5.32 Å². The van der Waals surface area contributed by atoms with Crippen molar-refractivity contribution in [1.82, 2.24) is 5.32 Å². The predicted molar refractivity (Wildman–Crippen MR) is 110 cm³/mol. The fourth-order valence-electron chi connectivity index (χ4n) is 3.66. The van der Waals surface area contributed by atoms with Gasteiger partial charge < -0.3 is 19.1 Å². The first kappa shape index (κ1) is 22.2. The SMILES string of the molecule is COC(=O)C1=C(C)NC(C)=C(P2(=O)OCC(C)(C)CO2)C1c1ccccc1[N+](=O)[O-]. The number of carbonyl (C=O) groups is 1. The van der Waals surface area contributed by atoms with Crippen LogP contribution in [-0.4, -0.2) is 31.2 Å². The number of benzene rings is 1. The second kappa shape index (κ2) is 7.98. The monoisotopic (exact) mass is 436 g/mol. The summed E-state index contributed by atoms with van der Waals surface area (Å²) in [5.74, 6) is -1.70. The van der Waals surface area contributed by atoms with E-state index >= 15 is 0 Å². The minimum absolute atomic E-state index is 0.125. The molecule has 1 fully saturated rings. The highest BCUT2D eigenvalue weighted by atomic mass is 31.2. The summed E-state index contributed by atoms with van der Waals surface area (Å²) in [6.07, 6.45) is 0. The second-order valence-electron chi connectivity index (χ2n) is 8.12. The zero-order valence-electron chi connectivity index (χ0n) is 17.6. The van der Waals surface area contributed by atoms with Gasteiger partial charge in [-0.1, -0.05) is 32.0 Å². The van der Waals surface area contributed by atoms with Crippen molar-refractivity contribution in [1.29, 1.82) is 0 Å². The van der Waals surface area contributed by atoms with Crippen molar-refractivity contribution in [2.24, 2.45) is 5.41 Å². The minimum Gasteiger partial charge on any atom is -0.466 e. The summed E-state index contributed by atoms with van der Waals surface area (Å²) >= 11 is 0. The Balaban J connectivity index is 2.25. The molecule has 0 saturated carbocycles. The van der Waals surface area contributed by atoms with Crippen molar-refractivity contribution in [2.75, 3.05) is 20.3 Å². The van der Waals surface area contributed by atoms with E-state index in [-0.39, 0.29) is 40.8 Å². The van der Waals surface area contributed by atoms with E-state index < -0.39 is 24.4 Å². The number of nitrogens with one attached hydrogen (secondary N) is 1. The number of ether oxygens (including phenoxy) is 1. The number of dihydropyridines is 1. The maximum atomic E-state index is 13.8. The Morgan fingerprint density at radius 3 is 2.40 bits per heavy atom. The molecule has 0 bridgehead atoms. The molecular formula is C20H25N2O7P. The Labute approximate surface area is 174 Å². The first-order valence-electron chi connectivity index (χ1n) is 9.40. The molecule has 1 unspecified atom stereocenters. The van der Waals surface area contributed by atoms with Gasteiger partial charge in [0.15, 0.2) is 0 Å². The lowest BCUT2D eigenvalue weighted by atomic mass is 9.85. The molecule has 0 spiro atoms. The van der Waals surface area contributed by atoms with Crippen LogP contribution in [0, 0.1) is 15.5 Å². The molecule has 162 valence electrons. The van der Waals surface area contributed by atoms with Crippen LogP contribution in [0.1, 0.15) is 39.2 Å². The van der Waals surface area contributed by atoms with E-state index in [1.54, 1.807) is 19.9 Å². The summed E-state index contributed by atoms with van der Waals surface area (Å²) < 4.78 is 30.2. The normalized spacial score (nSPS) is 23.0. The van der Waals surface area contributed by atoms with Gasteiger partial charge in [0.25, 0.3) is 5.69 Å². The summed E-state index contributed by atoms with van der Waals surface area (Å²) in [5.41, 5.74) is 0.717. The molecule has 1 atom stereocenters. The van der Waals surface area contributed by atoms with Gasteiger partial charge in [0.1, 0.15) is 0 Å². The van der Waals surface area contributed by atoms with Gasteiger partial charge in [-0.3, -0.25) is 14.7 Å². The molecule has 2 heterocycles. The number of esters is 1. The minimum atomic E-state index is -3.86. The summed E-state index contributed by atoms with van der Waals surface area (Å²) in [6.45, 7) is 7.54. The number of carbonyl (C=O) groups excluding carboxylic acids is 1. The molecule has 0 aromatic heterocycles. The van der Waals surface area contributed by atoms with Crippen molar-refractivity contribution in [3.05, 3.63) is 62.2 Å². The summed E-state index contributed by atoms with van der Waals surface area (Å²) in [4.78, 5) is 23.9. The molecule has 2 aliphatic rings. The number of para-hydroxylation sites is 1. The first-order valence-corrected chi connectivity index (χ1v) is 10.9. The molecule has 3 rings (SSSR count). The second-order valence-corrected chi connectivity index (χ2v) is 10.1. The smallest absolute Gasteiger partial charge is 0.360 e.